The largest absolute Gasteiger partial charge is 0.438 e. The van der Waals surface area contributed by atoms with Gasteiger partial charge in [0.2, 0.25) is 5.88 Å². The van der Waals surface area contributed by atoms with E-state index in [1.165, 1.54) is 12.8 Å². The van der Waals surface area contributed by atoms with Gasteiger partial charge in [-0.25, -0.2) is 4.98 Å². The zero-order chi connectivity index (χ0) is 16.1. The van der Waals surface area contributed by atoms with Crippen molar-refractivity contribution in [1.82, 2.24) is 10.3 Å². The van der Waals surface area contributed by atoms with Crippen LogP contribution < -0.4 is 10.1 Å². The number of benzene rings is 1. The summed E-state index contributed by atoms with van der Waals surface area (Å²) >= 11 is 0. The van der Waals surface area contributed by atoms with E-state index >= 15 is 0 Å². The van der Waals surface area contributed by atoms with E-state index in [9.17, 15) is 4.79 Å². The van der Waals surface area contributed by atoms with Gasteiger partial charge in [-0.3, -0.25) is 4.79 Å². The van der Waals surface area contributed by atoms with E-state index < -0.39 is 0 Å². The summed E-state index contributed by atoms with van der Waals surface area (Å²) in [6, 6.07) is 13.2. The predicted molar refractivity (Wildman–Crippen MR) is 89.6 cm³/mol. The molecule has 1 aliphatic carbocycles. The number of pyridine rings is 1. The highest BCUT2D eigenvalue weighted by molar-refractivity contribution is 5.96. The second-order valence-electron chi connectivity index (χ2n) is 6.20. The summed E-state index contributed by atoms with van der Waals surface area (Å²) in [6.45, 7) is 2.27. The first-order chi connectivity index (χ1) is 11.2. The Hall–Kier alpha value is -2.36. The molecule has 4 nitrogen and oxygen atoms in total. The molecule has 0 radical (unpaired) electrons. The molecule has 1 N–H and O–H groups in total. The van der Waals surface area contributed by atoms with E-state index in [4.69, 9.17) is 4.74 Å². The lowest BCUT2D eigenvalue weighted by Gasteiger charge is -2.27. The number of carbonyl (C=O) groups is 1. The van der Waals surface area contributed by atoms with Crippen LogP contribution in [0.25, 0.3) is 0 Å². The number of hydrogen-bond acceptors (Lipinski definition) is 3. The minimum Gasteiger partial charge on any atom is -0.438 e. The lowest BCUT2D eigenvalue weighted by Crippen LogP contribution is -2.37. The summed E-state index contributed by atoms with van der Waals surface area (Å²) in [5, 5.41) is 3.12. The van der Waals surface area contributed by atoms with Crippen LogP contribution in [0, 0.1) is 5.92 Å². The third kappa shape index (κ3) is 4.09. The fourth-order valence-electron chi connectivity index (χ4n) is 2.91. The SMILES string of the molecule is CC1CCC(NC(=O)c2cccnc2Oc2ccccc2)CC1. The van der Waals surface area contributed by atoms with Crippen LogP contribution >= 0.6 is 0 Å². The zero-order valence-corrected chi connectivity index (χ0v) is 13.4. The molecule has 2 aromatic rings. The highest BCUT2D eigenvalue weighted by Gasteiger charge is 2.22. The molecule has 0 saturated heterocycles. The Balaban J connectivity index is 1.70. The van der Waals surface area contributed by atoms with E-state index in [1.807, 2.05) is 30.3 Å². The van der Waals surface area contributed by atoms with Crippen molar-refractivity contribution in [2.75, 3.05) is 0 Å². The molecule has 1 saturated carbocycles. The Labute approximate surface area is 136 Å². The van der Waals surface area contributed by atoms with Crippen LogP contribution in [0.3, 0.4) is 0 Å². The normalized spacial score (nSPS) is 20.7. The van der Waals surface area contributed by atoms with Crippen molar-refractivity contribution < 1.29 is 9.53 Å². The van der Waals surface area contributed by atoms with E-state index in [1.54, 1.807) is 18.3 Å². The second-order valence-corrected chi connectivity index (χ2v) is 6.20. The summed E-state index contributed by atoms with van der Waals surface area (Å²) in [7, 11) is 0. The zero-order valence-electron chi connectivity index (χ0n) is 13.4. The first kappa shape index (κ1) is 15.5. The van der Waals surface area contributed by atoms with Crippen molar-refractivity contribution >= 4 is 5.91 Å². The van der Waals surface area contributed by atoms with Crippen LogP contribution in [-0.2, 0) is 0 Å². The summed E-state index contributed by atoms with van der Waals surface area (Å²) < 4.78 is 5.76. The fraction of sp³-hybridized carbons (Fsp3) is 0.368. The maximum absolute atomic E-state index is 12.6. The van der Waals surface area contributed by atoms with Crippen LogP contribution in [0.5, 0.6) is 11.6 Å². The molecule has 1 aromatic carbocycles. The van der Waals surface area contributed by atoms with Gasteiger partial charge in [-0.2, -0.15) is 0 Å². The fourth-order valence-corrected chi connectivity index (χ4v) is 2.91. The van der Waals surface area contributed by atoms with Crippen LogP contribution in [0.2, 0.25) is 0 Å². The maximum atomic E-state index is 12.6. The lowest BCUT2D eigenvalue weighted by atomic mass is 9.87. The van der Waals surface area contributed by atoms with Gasteiger partial charge < -0.3 is 10.1 Å². The van der Waals surface area contributed by atoms with Gasteiger partial charge >= 0.3 is 0 Å². The topological polar surface area (TPSA) is 51.2 Å². The minimum atomic E-state index is -0.108. The van der Waals surface area contributed by atoms with E-state index in [0.29, 0.717) is 17.2 Å². The van der Waals surface area contributed by atoms with Gasteiger partial charge in [0.15, 0.2) is 0 Å². The molecule has 1 aliphatic rings. The summed E-state index contributed by atoms with van der Waals surface area (Å²) in [4.78, 5) is 16.8. The highest BCUT2D eigenvalue weighted by Crippen LogP contribution is 2.25. The molecule has 0 spiro atoms. The van der Waals surface area contributed by atoms with Crippen molar-refractivity contribution in [3.8, 4) is 11.6 Å². The molecule has 1 aromatic heterocycles. The van der Waals surface area contributed by atoms with E-state index in [0.717, 1.165) is 18.8 Å². The number of para-hydroxylation sites is 1. The van der Waals surface area contributed by atoms with E-state index in [2.05, 4.69) is 17.2 Å². The van der Waals surface area contributed by atoms with Crippen LogP contribution in [0.15, 0.2) is 48.7 Å². The van der Waals surface area contributed by atoms with E-state index in [-0.39, 0.29) is 11.9 Å². The Morgan fingerprint density at radius 2 is 1.83 bits per heavy atom. The predicted octanol–water partition coefficient (Wildman–Crippen LogP) is 4.18. The first-order valence-electron chi connectivity index (χ1n) is 8.21. The third-order valence-corrected chi connectivity index (χ3v) is 4.32. The highest BCUT2D eigenvalue weighted by atomic mass is 16.5. The average molecular weight is 310 g/mol. The Bertz CT molecular complexity index is 649. The van der Waals surface area contributed by atoms with Crippen LogP contribution in [0.1, 0.15) is 43.0 Å². The van der Waals surface area contributed by atoms with Gasteiger partial charge in [-0.05, 0) is 55.9 Å². The van der Waals surface area contributed by atoms with Gasteiger partial charge in [-0.1, -0.05) is 25.1 Å². The van der Waals surface area contributed by atoms with Crippen LogP contribution in [0.4, 0.5) is 0 Å². The Morgan fingerprint density at radius 3 is 2.57 bits per heavy atom. The molecular weight excluding hydrogens is 288 g/mol. The van der Waals surface area contributed by atoms with Crippen molar-refractivity contribution in [2.45, 2.75) is 38.6 Å². The van der Waals surface area contributed by atoms with Crippen molar-refractivity contribution in [2.24, 2.45) is 5.92 Å². The smallest absolute Gasteiger partial charge is 0.257 e. The van der Waals surface area contributed by atoms with Gasteiger partial charge in [0.1, 0.15) is 11.3 Å². The number of nitrogens with zero attached hydrogens (tertiary/aromatic N) is 1. The number of rotatable bonds is 4. The summed E-state index contributed by atoms with van der Waals surface area (Å²) in [5.74, 6) is 1.68. The van der Waals surface area contributed by atoms with Crippen molar-refractivity contribution in [1.29, 1.82) is 0 Å². The number of aromatic nitrogens is 1. The standard InChI is InChI=1S/C19H22N2O2/c1-14-9-11-15(12-10-14)21-18(22)17-8-5-13-20-19(17)23-16-6-3-2-4-7-16/h2-8,13-15H,9-12H2,1H3,(H,21,22). The number of carbonyl (C=O) groups excluding carboxylic acids is 1. The van der Waals surface area contributed by atoms with Crippen LogP contribution in [-0.4, -0.2) is 16.9 Å². The molecule has 3 rings (SSSR count). The molecule has 0 unspecified atom stereocenters. The van der Waals surface area contributed by atoms with Gasteiger partial charge in [0, 0.05) is 12.2 Å². The Kier molecular flexibility index (Phi) is 4.91. The molecule has 4 heteroatoms. The maximum Gasteiger partial charge on any atom is 0.257 e. The molecule has 23 heavy (non-hydrogen) atoms. The van der Waals surface area contributed by atoms with Gasteiger partial charge in [-0.15, -0.1) is 0 Å². The average Bonchev–Trinajstić information content (AvgIpc) is 2.58. The third-order valence-electron chi connectivity index (χ3n) is 4.32. The lowest BCUT2D eigenvalue weighted by molar-refractivity contribution is 0.0920. The molecule has 120 valence electrons. The second kappa shape index (κ2) is 7.27. The number of amides is 1. The number of ether oxygens (including phenoxy) is 1. The van der Waals surface area contributed by atoms with Gasteiger partial charge in [0.05, 0.1) is 0 Å². The minimum absolute atomic E-state index is 0.108. The monoisotopic (exact) mass is 310 g/mol. The Morgan fingerprint density at radius 1 is 1.09 bits per heavy atom. The molecule has 1 fully saturated rings. The molecule has 0 atom stereocenters. The molecule has 0 bridgehead atoms. The molecule has 0 aliphatic heterocycles. The summed E-state index contributed by atoms with van der Waals surface area (Å²) in [6.07, 6.45) is 6.07. The quantitative estimate of drug-likeness (QED) is 0.921. The molecular formula is C19H22N2O2. The first-order valence-corrected chi connectivity index (χ1v) is 8.21. The van der Waals surface area contributed by atoms with Crippen molar-refractivity contribution in [3.05, 3.63) is 54.2 Å². The van der Waals surface area contributed by atoms with Gasteiger partial charge in [0.25, 0.3) is 5.91 Å². The molecule has 1 amide bonds. The van der Waals surface area contributed by atoms with Crippen molar-refractivity contribution in [3.63, 3.8) is 0 Å². The summed E-state index contributed by atoms with van der Waals surface area (Å²) in [5.41, 5.74) is 0.481. The number of hydrogen-bond donors (Lipinski definition) is 1. The molecule has 1 heterocycles. The number of nitrogens with one attached hydrogen (secondary N) is 1.